The highest BCUT2D eigenvalue weighted by Crippen LogP contribution is 2.22. The second kappa shape index (κ2) is 6.18. The summed E-state index contributed by atoms with van der Waals surface area (Å²) in [7, 11) is 0. The van der Waals surface area contributed by atoms with Gasteiger partial charge in [-0.25, -0.2) is 4.39 Å². The van der Waals surface area contributed by atoms with Crippen LogP contribution in [0.3, 0.4) is 0 Å². The van der Waals surface area contributed by atoms with E-state index in [4.69, 9.17) is 0 Å². The van der Waals surface area contributed by atoms with Crippen molar-refractivity contribution in [3.8, 4) is 5.75 Å². The van der Waals surface area contributed by atoms with Crippen molar-refractivity contribution in [2.75, 3.05) is 0 Å². The summed E-state index contributed by atoms with van der Waals surface area (Å²) in [5, 5.41) is 9.75. The minimum absolute atomic E-state index is 0.0172. The van der Waals surface area contributed by atoms with Crippen molar-refractivity contribution in [2.24, 2.45) is 0 Å². The average Bonchev–Trinajstić information content (AvgIpc) is 2.48. The molecule has 0 atom stereocenters. The van der Waals surface area contributed by atoms with E-state index >= 15 is 0 Å². The molecule has 2 rings (SSSR count). The van der Waals surface area contributed by atoms with Crippen LogP contribution >= 0.6 is 15.9 Å². The maximum atomic E-state index is 13.1. The van der Waals surface area contributed by atoms with E-state index in [0.29, 0.717) is 12.0 Å². The number of ketones is 2. The fourth-order valence-electron chi connectivity index (χ4n) is 1.90. The first-order valence-electron chi connectivity index (χ1n) is 6.30. The number of hydrogen-bond acceptors (Lipinski definition) is 3. The van der Waals surface area contributed by atoms with Crippen LogP contribution < -0.4 is 0 Å². The van der Waals surface area contributed by atoms with Crippen LogP contribution in [0.15, 0.2) is 40.9 Å². The van der Waals surface area contributed by atoms with Gasteiger partial charge >= 0.3 is 0 Å². The highest BCUT2D eigenvalue weighted by atomic mass is 79.9. The monoisotopic (exact) mass is 350 g/mol. The molecule has 0 aliphatic rings. The van der Waals surface area contributed by atoms with Crippen molar-refractivity contribution in [1.82, 2.24) is 0 Å². The van der Waals surface area contributed by atoms with Crippen LogP contribution in [0.2, 0.25) is 0 Å². The molecule has 5 heteroatoms. The highest BCUT2D eigenvalue weighted by Gasteiger charge is 2.20. The van der Waals surface area contributed by atoms with E-state index < -0.39 is 17.4 Å². The molecule has 0 aromatic heterocycles. The van der Waals surface area contributed by atoms with Crippen LogP contribution in [-0.2, 0) is 6.42 Å². The number of aromatic hydroxyl groups is 1. The molecule has 0 radical (unpaired) electrons. The van der Waals surface area contributed by atoms with Crippen molar-refractivity contribution in [1.29, 1.82) is 0 Å². The number of benzene rings is 2. The smallest absolute Gasteiger partial charge is 0.233 e. The summed E-state index contributed by atoms with van der Waals surface area (Å²) < 4.78 is 13.3. The molecule has 0 spiro atoms. The lowest BCUT2D eigenvalue weighted by Gasteiger charge is -2.05. The fourth-order valence-corrected chi connectivity index (χ4v) is 2.28. The summed E-state index contributed by atoms with van der Waals surface area (Å²) in [6.45, 7) is 1.87. The fraction of sp³-hybridized carbons (Fsp3) is 0.125. The van der Waals surface area contributed by atoms with Crippen LogP contribution in [0, 0.1) is 5.82 Å². The minimum atomic E-state index is -0.751. The predicted octanol–water partition coefficient (Wildman–Crippen LogP) is 3.92. The summed E-state index contributed by atoms with van der Waals surface area (Å²) in [5.74, 6) is -2.02. The number of carbonyl (C=O) groups excluding carboxylic acids is 2. The summed E-state index contributed by atoms with van der Waals surface area (Å²) in [5.41, 5.74) is 0.894. The lowest BCUT2D eigenvalue weighted by atomic mass is 9.99. The molecule has 0 aliphatic carbocycles. The molecule has 2 aromatic rings. The molecule has 1 N–H and O–H groups in total. The second-order valence-corrected chi connectivity index (χ2v) is 5.34. The molecule has 3 nitrogen and oxygen atoms in total. The second-order valence-electron chi connectivity index (χ2n) is 4.48. The van der Waals surface area contributed by atoms with Gasteiger partial charge in [-0.3, -0.25) is 9.59 Å². The Bertz CT molecular complexity index is 725. The number of halogens is 2. The van der Waals surface area contributed by atoms with Crippen molar-refractivity contribution < 1.29 is 19.1 Å². The number of carbonyl (C=O) groups is 2. The topological polar surface area (TPSA) is 54.4 Å². The molecule has 2 aromatic carbocycles. The number of rotatable bonds is 4. The SMILES string of the molecule is CCc1ccc(C(=O)C(=O)c2ccc(F)c(Br)c2)cc1O. The molecule has 21 heavy (non-hydrogen) atoms. The van der Waals surface area contributed by atoms with Gasteiger partial charge in [0.2, 0.25) is 11.6 Å². The van der Waals surface area contributed by atoms with Crippen LogP contribution in [0.25, 0.3) is 0 Å². The standard InChI is InChI=1S/C16H12BrFO3/c1-2-9-3-4-11(8-14(9)19)16(21)15(20)10-5-6-13(18)12(17)7-10/h3-8,19H,2H2,1H3. The maximum absolute atomic E-state index is 13.1. The zero-order chi connectivity index (χ0) is 15.6. The summed E-state index contributed by atoms with van der Waals surface area (Å²) in [6.07, 6.45) is 0.624. The Kier molecular flexibility index (Phi) is 4.53. The third-order valence-corrected chi connectivity index (χ3v) is 3.72. The third-order valence-electron chi connectivity index (χ3n) is 3.12. The van der Waals surface area contributed by atoms with Gasteiger partial charge in [-0.2, -0.15) is 0 Å². The van der Waals surface area contributed by atoms with E-state index in [1.165, 1.54) is 24.3 Å². The van der Waals surface area contributed by atoms with Crippen molar-refractivity contribution in [3.63, 3.8) is 0 Å². The molecule has 0 saturated heterocycles. The average molecular weight is 351 g/mol. The number of aryl methyl sites for hydroxylation is 1. The number of phenolic OH excluding ortho intramolecular Hbond substituents is 1. The largest absolute Gasteiger partial charge is 0.508 e. The van der Waals surface area contributed by atoms with Gasteiger partial charge in [0, 0.05) is 11.1 Å². The summed E-state index contributed by atoms with van der Waals surface area (Å²) in [6, 6.07) is 8.00. The molecule has 0 heterocycles. The van der Waals surface area contributed by atoms with E-state index in [1.807, 2.05) is 6.92 Å². The Morgan fingerprint density at radius 1 is 1.10 bits per heavy atom. The van der Waals surface area contributed by atoms with Crippen molar-refractivity contribution in [3.05, 3.63) is 63.4 Å². The minimum Gasteiger partial charge on any atom is -0.508 e. The van der Waals surface area contributed by atoms with Gasteiger partial charge in [-0.05, 0) is 52.2 Å². The number of Topliss-reactive ketones (excluding diaryl/α,β-unsaturated/α-hetero) is 2. The van der Waals surface area contributed by atoms with Crippen LogP contribution in [0.5, 0.6) is 5.75 Å². The molecule has 0 fully saturated rings. The Hall–Kier alpha value is -2.01. The Morgan fingerprint density at radius 3 is 2.19 bits per heavy atom. The highest BCUT2D eigenvalue weighted by molar-refractivity contribution is 9.10. The molecule has 0 bridgehead atoms. The van der Waals surface area contributed by atoms with E-state index in [0.717, 1.165) is 6.07 Å². The number of phenols is 1. The van der Waals surface area contributed by atoms with Gasteiger partial charge < -0.3 is 5.11 Å². The first kappa shape index (κ1) is 15.4. The Balaban J connectivity index is 2.32. The molecule has 0 unspecified atom stereocenters. The maximum Gasteiger partial charge on any atom is 0.233 e. The lowest BCUT2D eigenvalue weighted by Crippen LogP contribution is -2.14. The van der Waals surface area contributed by atoms with E-state index in [-0.39, 0.29) is 21.3 Å². The van der Waals surface area contributed by atoms with Gasteiger partial charge in [0.15, 0.2) is 0 Å². The summed E-state index contributed by atoms with van der Waals surface area (Å²) in [4.78, 5) is 24.2. The van der Waals surface area contributed by atoms with E-state index in [2.05, 4.69) is 15.9 Å². The van der Waals surface area contributed by atoms with Gasteiger partial charge in [0.05, 0.1) is 4.47 Å². The van der Waals surface area contributed by atoms with Gasteiger partial charge in [-0.1, -0.05) is 19.1 Å². The quantitative estimate of drug-likeness (QED) is 0.671. The van der Waals surface area contributed by atoms with E-state index in [9.17, 15) is 19.1 Å². The molecule has 108 valence electrons. The first-order chi connectivity index (χ1) is 9.93. The Labute approximate surface area is 129 Å². The molecule has 0 amide bonds. The molecular formula is C16H12BrFO3. The van der Waals surface area contributed by atoms with E-state index in [1.54, 1.807) is 6.07 Å². The van der Waals surface area contributed by atoms with Crippen molar-refractivity contribution >= 4 is 27.5 Å². The zero-order valence-electron chi connectivity index (χ0n) is 11.2. The molecular weight excluding hydrogens is 339 g/mol. The predicted molar refractivity (Wildman–Crippen MR) is 80.2 cm³/mol. The molecule has 0 saturated carbocycles. The Morgan fingerprint density at radius 2 is 1.67 bits per heavy atom. The third kappa shape index (κ3) is 3.19. The molecule has 0 aliphatic heterocycles. The lowest BCUT2D eigenvalue weighted by molar-refractivity contribution is 0.0816. The van der Waals surface area contributed by atoms with Crippen molar-refractivity contribution in [2.45, 2.75) is 13.3 Å². The zero-order valence-corrected chi connectivity index (χ0v) is 12.8. The first-order valence-corrected chi connectivity index (χ1v) is 7.09. The normalized spacial score (nSPS) is 10.4. The number of hydrogen-bond donors (Lipinski definition) is 1. The van der Waals surface area contributed by atoms with Gasteiger partial charge in [0.25, 0.3) is 0 Å². The van der Waals surface area contributed by atoms with Gasteiger partial charge in [0.1, 0.15) is 11.6 Å². The van der Waals surface area contributed by atoms with Crippen LogP contribution in [-0.4, -0.2) is 16.7 Å². The van der Waals surface area contributed by atoms with Crippen LogP contribution in [0.4, 0.5) is 4.39 Å². The van der Waals surface area contributed by atoms with Gasteiger partial charge in [-0.15, -0.1) is 0 Å². The van der Waals surface area contributed by atoms with Crippen LogP contribution in [0.1, 0.15) is 33.2 Å². The summed E-state index contributed by atoms with van der Waals surface area (Å²) >= 11 is 2.97.